The molecule has 0 bridgehead atoms. The number of carbonyl (C=O) groups is 1. The minimum Gasteiger partial charge on any atom is -0.384 e. The second-order valence-corrected chi connectivity index (χ2v) is 5.37. The lowest BCUT2D eigenvalue weighted by molar-refractivity contribution is -0.120. The number of amidine groups is 1. The standard InChI is InChI=1S/C14H20ClN3O2/c1-9(2)6-13(16)18-20-8-14(19)17-11-5-4-10(3)12(15)7-11/h4-5,7,9H,6,8H2,1-3H3,(H2,16,18)(H,17,19). The number of nitrogens with one attached hydrogen (secondary N) is 1. The number of anilines is 1. The van der Waals surface area contributed by atoms with Gasteiger partial charge in [0, 0.05) is 17.1 Å². The van der Waals surface area contributed by atoms with Gasteiger partial charge in [0.25, 0.3) is 5.91 Å². The maximum absolute atomic E-state index is 11.6. The number of hydrogen-bond donors (Lipinski definition) is 2. The van der Waals surface area contributed by atoms with Crippen molar-refractivity contribution in [3.05, 3.63) is 28.8 Å². The van der Waals surface area contributed by atoms with E-state index in [4.69, 9.17) is 22.2 Å². The minimum absolute atomic E-state index is 0.190. The predicted molar refractivity (Wildman–Crippen MR) is 81.8 cm³/mol. The molecule has 1 aromatic rings. The molecule has 0 fully saturated rings. The summed E-state index contributed by atoms with van der Waals surface area (Å²) in [4.78, 5) is 16.5. The number of nitrogens with two attached hydrogens (primary N) is 1. The molecule has 0 spiro atoms. The molecule has 0 heterocycles. The van der Waals surface area contributed by atoms with Gasteiger partial charge in [-0.25, -0.2) is 0 Å². The number of hydrogen-bond acceptors (Lipinski definition) is 3. The van der Waals surface area contributed by atoms with Crippen molar-refractivity contribution in [1.82, 2.24) is 0 Å². The Morgan fingerprint density at radius 2 is 2.20 bits per heavy atom. The molecule has 1 aromatic carbocycles. The van der Waals surface area contributed by atoms with Gasteiger partial charge in [0.2, 0.25) is 0 Å². The zero-order valence-electron chi connectivity index (χ0n) is 11.9. The molecule has 0 aliphatic heterocycles. The average Bonchev–Trinajstić information content (AvgIpc) is 2.33. The Labute approximate surface area is 124 Å². The Kier molecular flexibility index (Phi) is 6.31. The predicted octanol–water partition coefficient (Wildman–Crippen LogP) is 2.92. The Hall–Kier alpha value is -1.75. The zero-order valence-corrected chi connectivity index (χ0v) is 12.7. The van der Waals surface area contributed by atoms with Crippen molar-refractivity contribution >= 4 is 29.0 Å². The lowest BCUT2D eigenvalue weighted by Crippen LogP contribution is -2.19. The third kappa shape index (κ3) is 5.93. The summed E-state index contributed by atoms with van der Waals surface area (Å²) in [5.41, 5.74) is 7.20. The molecular formula is C14H20ClN3O2. The van der Waals surface area contributed by atoms with Crippen LogP contribution >= 0.6 is 11.6 Å². The molecule has 5 nitrogen and oxygen atoms in total. The summed E-state index contributed by atoms with van der Waals surface area (Å²) in [6, 6.07) is 5.29. The van der Waals surface area contributed by atoms with Crippen molar-refractivity contribution in [1.29, 1.82) is 0 Å². The van der Waals surface area contributed by atoms with Gasteiger partial charge in [0.15, 0.2) is 6.61 Å². The van der Waals surface area contributed by atoms with Crippen LogP contribution in [0.25, 0.3) is 0 Å². The number of amides is 1. The number of nitrogens with zero attached hydrogens (tertiary/aromatic N) is 1. The summed E-state index contributed by atoms with van der Waals surface area (Å²) in [5, 5.41) is 6.95. The van der Waals surface area contributed by atoms with E-state index in [0.717, 1.165) is 5.56 Å². The van der Waals surface area contributed by atoms with Crippen LogP contribution in [0.1, 0.15) is 25.8 Å². The summed E-state index contributed by atoms with van der Waals surface area (Å²) < 4.78 is 0. The molecule has 0 aromatic heterocycles. The fourth-order valence-corrected chi connectivity index (χ4v) is 1.68. The first-order chi connectivity index (χ1) is 9.38. The second-order valence-electron chi connectivity index (χ2n) is 4.97. The summed E-state index contributed by atoms with van der Waals surface area (Å²) in [7, 11) is 0. The molecule has 0 radical (unpaired) electrons. The second kappa shape index (κ2) is 7.75. The molecule has 0 aliphatic rings. The van der Waals surface area contributed by atoms with E-state index in [9.17, 15) is 4.79 Å². The fourth-order valence-electron chi connectivity index (χ4n) is 1.50. The minimum atomic E-state index is -0.314. The molecule has 0 atom stereocenters. The smallest absolute Gasteiger partial charge is 0.265 e. The van der Waals surface area contributed by atoms with Crippen LogP contribution in [0.15, 0.2) is 23.4 Å². The Balaban J connectivity index is 2.42. The van der Waals surface area contributed by atoms with Crippen LogP contribution in [0.5, 0.6) is 0 Å². The SMILES string of the molecule is Cc1ccc(NC(=O)CON=C(N)CC(C)C)cc1Cl. The van der Waals surface area contributed by atoms with E-state index in [1.165, 1.54) is 0 Å². The highest BCUT2D eigenvalue weighted by Crippen LogP contribution is 2.19. The highest BCUT2D eigenvalue weighted by Gasteiger charge is 2.05. The molecule has 0 saturated heterocycles. The van der Waals surface area contributed by atoms with Gasteiger partial charge in [0.1, 0.15) is 5.84 Å². The van der Waals surface area contributed by atoms with E-state index < -0.39 is 0 Å². The van der Waals surface area contributed by atoms with E-state index in [1.54, 1.807) is 12.1 Å². The van der Waals surface area contributed by atoms with Crippen molar-refractivity contribution in [2.45, 2.75) is 27.2 Å². The Bertz CT molecular complexity index is 501. The number of rotatable bonds is 6. The third-order valence-corrected chi connectivity index (χ3v) is 2.86. The van der Waals surface area contributed by atoms with E-state index in [0.29, 0.717) is 28.9 Å². The summed E-state index contributed by atoms with van der Waals surface area (Å²) >= 11 is 5.97. The Morgan fingerprint density at radius 1 is 1.50 bits per heavy atom. The van der Waals surface area contributed by atoms with Crippen LogP contribution in [0.2, 0.25) is 5.02 Å². The maximum Gasteiger partial charge on any atom is 0.265 e. The summed E-state index contributed by atoms with van der Waals surface area (Å²) in [6.07, 6.45) is 0.634. The summed E-state index contributed by atoms with van der Waals surface area (Å²) in [5.74, 6) is 0.461. The normalized spacial score (nSPS) is 11.6. The highest BCUT2D eigenvalue weighted by molar-refractivity contribution is 6.31. The molecule has 110 valence electrons. The van der Waals surface area contributed by atoms with Gasteiger partial charge in [-0.3, -0.25) is 4.79 Å². The van der Waals surface area contributed by atoms with E-state index >= 15 is 0 Å². The lowest BCUT2D eigenvalue weighted by atomic mass is 10.1. The molecule has 3 N–H and O–H groups in total. The van der Waals surface area contributed by atoms with Gasteiger partial charge in [-0.05, 0) is 30.5 Å². The first kappa shape index (κ1) is 16.3. The highest BCUT2D eigenvalue weighted by atomic mass is 35.5. The number of benzene rings is 1. The summed E-state index contributed by atoms with van der Waals surface area (Å²) in [6.45, 7) is 5.75. The molecule has 1 amide bonds. The van der Waals surface area contributed by atoms with Crippen molar-refractivity contribution < 1.29 is 9.63 Å². The average molecular weight is 298 g/mol. The van der Waals surface area contributed by atoms with Gasteiger partial charge in [-0.1, -0.05) is 36.7 Å². The van der Waals surface area contributed by atoms with Gasteiger partial charge in [0.05, 0.1) is 0 Å². The van der Waals surface area contributed by atoms with Crippen LogP contribution in [0.4, 0.5) is 5.69 Å². The molecule has 1 rings (SSSR count). The molecule has 0 unspecified atom stereocenters. The van der Waals surface area contributed by atoms with Crippen molar-refractivity contribution in [2.24, 2.45) is 16.8 Å². The molecule has 0 aliphatic carbocycles. The largest absolute Gasteiger partial charge is 0.384 e. The van der Waals surface area contributed by atoms with Crippen LogP contribution in [0, 0.1) is 12.8 Å². The van der Waals surface area contributed by atoms with Crippen molar-refractivity contribution in [2.75, 3.05) is 11.9 Å². The first-order valence-corrected chi connectivity index (χ1v) is 6.76. The van der Waals surface area contributed by atoms with E-state index in [2.05, 4.69) is 10.5 Å². The molecule has 20 heavy (non-hydrogen) atoms. The van der Waals surface area contributed by atoms with Crippen molar-refractivity contribution in [3.63, 3.8) is 0 Å². The van der Waals surface area contributed by atoms with Crippen LogP contribution < -0.4 is 11.1 Å². The van der Waals surface area contributed by atoms with E-state index in [1.807, 2.05) is 26.8 Å². The monoisotopic (exact) mass is 297 g/mol. The third-order valence-electron chi connectivity index (χ3n) is 2.45. The van der Waals surface area contributed by atoms with Crippen LogP contribution in [-0.2, 0) is 9.63 Å². The number of halogens is 1. The van der Waals surface area contributed by atoms with Gasteiger partial charge >= 0.3 is 0 Å². The van der Waals surface area contributed by atoms with E-state index in [-0.39, 0.29) is 12.5 Å². The zero-order chi connectivity index (χ0) is 15.1. The Morgan fingerprint density at radius 3 is 2.80 bits per heavy atom. The maximum atomic E-state index is 11.6. The fraction of sp³-hybridized carbons (Fsp3) is 0.429. The van der Waals surface area contributed by atoms with Gasteiger partial charge < -0.3 is 15.9 Å². The topological polar surface area (TPSA) is 76.7 Å². The first-order valence-electron chi connectivity index (χ1n) is 6.38. The lowest BCUT2D eigenvalue weighted by Gasteiger charge is -2.07. The van der Waals surface area contributed by atoms with Crippen LogP contribution in [0.3, 0.4) is 0 Å². The van der Waals surface area contributed by atoms with Gasteiger partial charge in [-0.15, -0.1) is 0 Å². The quantitative estimate of drug-likeness (QED) is 0.481. The number of aryl methyl sites for hydroxylation is 1. The molecule has 0 saturated carbocycles. The van der Waals surface area contributed by atoms with Gasteiger partial charge in [-0.2, -0.15) is 0 Å². The molecule has 6 heteroatoms. The number of carbonyl (C=O) groups excluding carboxylic acids is 1. The number of oxime groups is 1. The van der Waals surface area contributed by atoms with Crippen LogP contribution in [-0.4, -0.2) is 18.3 Å². The molecular weight excluding hydrogens is 278 g/mol. The van der Waals surface area contributed by atoms with Crippen molar-refractivity contribution in [3.8, 4) is 0 Å².